The summed E-state index contributed by atoms with van der Waals surface area (Å²) in [7, 11) is 0. The smallest absolute Gasteiger partial charge is 0.353 e. The molecule has 2 saturated heterocycles. The molecule has 6 atom stereocenters. The maximum absolute atomic E-state index is 12.7. The maximum atomic E-state index is 12.7. The highest BCUT2D eigenvalue weighted by molar-refractivity contribution is 8.03. The number of benzene rings is 1. The van der Waals surface area contributed by atoms with Gasteiger partial charge in [-0.2, -0.15) is 0 Å². The van der Waals surface area contributed by atoms with E-state index in [9.17, 15) is 29.4 Å². The molecule has 1 aromatic carbocycles. The molecule has 4 rings (SSSR count). The van der Waals surface area contributed by atoms with Crippen LogP contribution in [0.3, 0.4) is 0 Å². The van der Waals surface area contributed by atoms with E-state index < -0.39 is 30.0 Å². The number of aliphatic carboxylic acids is 1. The monoisotopic (exact) mass is 475 g/mol. The van der Waals surface area contributed by atoms with E-state index in [2.05, 4.69) is 10.6 Å². The molecule has 33 heavy (non-hydrogen) atoms. The molecule has 0 saturated carbocycles. The fourth-order valence-electron chi connectivity index (χ4n) is 4.81. The Bertz CT molecular complexity index is 1060. The zero-order chi connectivity index (χ0) is 24.0. The summed E-state index contributed by atoms with van der Waals surface area (Å²) in [6.07, 6.45) is -0.419. The van der Waals surface area contributed by atoms with Crippen molar-refractivity contribution in [1.29, 1.82) is 0 Å². The number of aliphatic hydroxyl groups excluding tert-OH is 1. The second-order valence-corrected chi connectivity index (χ2v) is 9.93. The highest BCUT2D eigenvalue weighted by Gasteiger charge is 2.60. The van der Waals surface area contributed by atoms with E-state index in [0.717, 1.165) is 0 Å². The average molecular weight is 476 g/mol. The van der Waals surface area contributed by atoms with Gasteiger partial charge < -0.3 is 30.9 Å². The minimum Gasteiger partial charge on any atom is -0.478 e. The molecule has 11 heteroatoms. The van der Waals surface area contributed by atoms with Crippen LogP contribution in [0.2, 0.25) is 0 Å². The zero-order valence-electron chi connectivity index (χ0n) is 18.0. The molecule has 3 aliphatic heterocycles. The molecule has 0 aromatic heterocycles. The number of carboxylic acid groups (broad SMARTS) is 2. The first-order chi connectivity index (χ1) is 15.6. The minimum absolute atomic E-state index is 0.0298. The fraction of sp³-hybridized carbons (Fsp3) is 0.455. The van der Waals surface area contributed by atoms with Gasteiger partial charge in [-0.3, -0.25) is 9.59 Å². The van der Waals surface area contributed by atoms with Crippen molar-refractivity contribution in [2.75, 3.05) is 11.9 Å². The number of β-lactam (4-membered cyclic amide) rings is 1. The van der Waals surface area contributed by atoms with E-state index >= 15 is 0 Å². The Morgan fingerprint density at radius 2 is 1.97 bits per heavy atom. The lowest BCUT2D eigenvalue weighted by atomic mass is 9.79. The first-order valence-corrected chi connectivity index (χ1v) is 11.5. The lowest BCUT2D eigenvalue weighted by Gasteiger charge is -2.46. The maximum Gasteiger partial charge on any atom is 0.353 e. The number of aliphatic hydroxyl groups is 1. The summed E-state index contributed by atoms with van der Waals surface area (Å²) in [4.78, 5) is 50.1. The van der Waals surface area contributed by atoms with Crippen LogP contribution < -0.4 is 10.6 Å². The summed E-state index contributed by atoms with van der Waals surface area (Å²) in [6.45, 7) is 3.87. The first-order valence-electron chi connectivity index (χ1n) is 10.6. The normalized spacial score (nSPS) is 29.5. The topological polar surface area (TPSA) is 156 Å². The number of anilines is 1. The highest BCUT2D eigenvalue weighted by atomic mass is 32.2. The number of thioether (sulfide) groups is 1. The molecule has 2 amide bonds. The van der Waals surface area contributed by atoms with Crippen molar-refractivity contribution in [2.45, 2.75) is 43.7 Å². The molecule has 3 aliphatic rings. The van der Waals surface area contributed by atoms with E-state index in [1.165, 1.54) is 35.7 Å². The molecule has 3 heterocycles. The van der Waals surface area contributed by atoms with Crippen molar-refractivity contribution < 1.29 is 34.5 Å². The summed E-state index contributed by atoms with van der Waals surface area (Å²) in [5.41, 5.74) is 0.418. The van der Waals surface area contributed by atoms with Gasteiger partial charge >= 0.3 is 11.9 Å². The molecule has 0 unspecified atom stereocenters. The predicted molar refractivity (Wildman–Crippen MR) is 119 cm³/mol. The average Bonchev–Trinajstić information content (AvgIpc) is 3.30. The van der Waals surface area contributed by atoms with Crippen molar-refractivity contribution in [3.63, 3.8) is 0 Å². The van der Waals surface area contributed by atoms with Crippen molar-refractivity contribution in [1.82, 2.24) is 10.2 Å². The van der Waals surface area contributed by atoms with Gasteiger partial charge in [0.25, 0.3) is 0 Å². The number of nitrogens with one attached hydrogen (secondary N) is 2. The van der Waals surface area contributed by atoms with Crippen LogP contribution in [0.1, 0.15) is 30.6 Å². The summed E-state index contributed by atoms with van der Waals surface area (Å²) in [5.74, 6) is -3.79. The summed E-state index contributed by atoms with van der Waals surface area (Å²) in [6, 6.07) is 5.07. The van der Waals surface area contributed by atoms with Gasteiger partial charge in [-0.15, -0.1) is 11.8 Å². The summed E-state index contributed by atoms with van der Waals surface area (Å²) in [5, 5.41) is 34.6. The van der Waals surface area contributed by atoms with E-state index in [1.807, 2.05) is 6.92 Å². The standard InChI is InChI=1S/C22H25N3O7S/c1-9-16-15(10(2)26)20(28)25(16)17(22(31)32)18(9)33-13-7-14(23-8-13)19(27)24-12-5-3-4-11(6-12)21(29)30/h3-6,9-10,13-16,23,26H,7-8H2,1-2H3,(H,24,27)(H,29,30)(H,31,32)/t9-,10-,13+,14-,15-,16-/m1/s1. The van der Waals surface area contributed by atoms with Crippen molar-refractivity contribution in [2.24, 2.45) is 11.8 Å². The van der Waals surface area contributed by atoms with Crippen LogP contribution in [0.25, 0.3) is 0 Å². The molecule has 0 bridgehead atoms. The first kappa shape index (κ1) is 23.3. The Morgan fingerprint density at radius 1 is 1.24 bits per heavy atom. The van der Waals surface area contributed by atoms with Gasteiger partial charge in [0.05, 0.1) is 29.7 Å². The van der Waals surface area contributed by atoms with E-state index in [1.54, 1.807) is 12.1 Å². The van der Waals surface area contributed by atoms with Gasteiger partial charge in [0.1, 0.15) is 5.70 Å². The van der Waals surface area contributed by atoms with Crippen molar-refractivity contribution in [3.8, 4) is 0 Å². The number of amides is 2. The number of hydrogen-bond donors (Lipinski definition) is 5. The van der Waals surface area contributed by atoms with Crippen LogP contribution in [0.4, 0.5) is 5.69 Å². The molecular formula is C22H25N3O7S. The molecule has 0 aliphatic carbocycles. The van der Waals surface area contributed by atoms with E-state index in [0.29, 0.717) is 23.6 Å². The largest absolute Gasteiger partial charge is 0.478 e. The Hall–Kier alpha value is -2.89. The Labute approximate surface area is 194 Å². The Morgan fingerprint density at radius 3 is 2.61 bits per heavy atom. The lowest BCUT2D eigenvalue weighted by molar-refractivity contribution is -0.163. The number of hydrogen-bond acceptors (Lipinski definition) is 7. The number of rotatable bonds is 7. The van der Waals surface area contributed by atoms with Crippen molar-refractivity contribution in [3.05, 3.63) is 40.4 Å². The van der Waals surface area contributed by atoms with E-state index in [4.69, 9.17) is 5.11 Å². The van der Waals surface area contributed by atoms with Gasteiger partial charge in [0, 0.05) is 28.3 Å². The van der Waals surface area contributed by atoms with Crippen LogP contribution in [0.5, 0.6) is 0 Å². The molecule has 0 spiro atoms. The number of aromatic carboxylic acids is 1. The summed E-state index contributed by atoms with van der Waals surface area (Å²) < 4.78 is 0. The van der Waals surface area contributed by atoms with Crippen LogP contribution in [0, 0.1) is 11.8 Å². The minimum atomic E-state index is -1.18. The van der Waals surface area contributed by atoms with Gasteiger partial charge in [-0.25, -0.2) is 9.59 Å². The van der Waals surface area contributed by atoms with Crippen LogP contribution in [-0.4, -0.2) is 74.0 Å². The number of carbonyl (C=O) groups excluding carboxylic acids is 2. The molecule has 1 aromatic rings. The predicted octanol–water partition coefficient (Wildman–Crippen LogP) is 0.941. The number of nitrogens with zero attached hydrogens (tertiary/aromatic N) is 1. The number of carbonyl (C=O) groups is 4. The SMILES string of the molecule is C[C@@H](O)[C@H]1C(=O)N2C(C(=O)O)=C(S[C@@H]3CN[C@@H](C(=O)Nc4cccc(C(=O)O)c4)C3)[C@H](C)[C@H]12. The van der Waals surface area contributed by atoms with Crippen molar-refractivity contribution >= 4 is 41.2 Å². The molecular weight excluding hydrogens is 450 g/mol. The number of carboxylic acids is 2. The van der Waals surface area contributed by atoms with Gasteiger partial charge in [-0.05, 0) is 31.5 Å². The third-order valence-electron chi connectivity index (χ3n) is 6.39. The third-order valence-corrected chi connectivity index (χ3v) is 7.90. The third kappa shape index (κ3) is 4.11. The van der Waals surface area contributed by atoms with Crippen LogP contribution in [-0.2, 0) is 14.4 Å². The molecule has 2 fully saturated rings. The summed E-state index contributed by atoms with van der Waals surface area (Å²) >= 11 is 1.36. The lowest BCUT2D eigenvalue weighted by Crippen LogP contribution is -2.63. The zero-order valence-corrected chi connectivity index (χ0v) is 18.8. The Balaban J connectivity index is 1.43. The fourth-order valence-corrected chi connectivity index (χ4v) is 6.29. The van der Waals surface area contributed by atoms with Crippen LogP contribution in [0.15, 0.2) is 34.9 Å². The second kappa shape index (κ2) is 8.81. The van der Waals surface area contributed by atoms with E-state index in [-0.39, 0.29) is 40.3 Å². The van der Waals surface area contributed by atoms with Crippen LogP contribution >= 0.6 is 11.8 Å². The molecule has 176 valence electrons. The molecule has 10 nitrogen and oxygen atoms in total. The van der Waals surface area contributed by atoms with Gasteiger partial charge in [0.2, 0.25) is 11.8 Å². The van der Waals surface area contributed by atoms with Gasteiger partial charge in [0.15, 0.2) is 0 Å². The Kier molecular flexibility index (Phi) is 6.21. The molecule has 5 N–H and O–H groups in total. The second-order valence-electron chi connectivity index (χ2n) is 8.58. The highest BCUT2D eigenvalue weighted by Crippen LogP contribution is 2.51. The quantitative estimate of drug-likeness (QED) is 0.362. The molecule has 0 radical (unpaired) electrons. The van der Waals surface area contributed by atoms with Gasteiger partial charge in [-0.1, -0.05) is 13.0 Å². The number of fused-ring (bicyclic) bond motifs is 1.